The Morgan fingerprint density at radius 3 is 2.07 bits per heavy atom. The average Bonchev–Trinajstić information content (AvgIpc) is 2.25. The van der Waals surface area contributed by atoms with Gasteiger partial charge in [0.1, 0.15) is 0 Å². The van der Waals surface area contributed by atoms with Crippen LogP contribution in [0.4, 0.5) is 0 Å². The monoisotopic (exact) mass is 199 g/mol. The van der Waals surface area contributed by atoms with Crippen LogP contribution in [-0.2, 0) is 0 Å². The lowest BCUT2D eigenvalue weighted by atomic mass is 9.88. The summed E-state index contributed by atoms with van der Waals surface area (Å²) in [4.78, 5) is 2.31. The van der Waals surface area contributed by atoms with Gasteiger partial charge in [-0.3, -0.25) is 4.90 Å². The highest BCUT2D eigenvalue weighted by molar-refractivity contribution is 4.98. The second-order valence-electron chi connectivity index (χ2n) is 6.32. The lowest BCUT2D eigenvalue weighted by Crippen LogP contribution is -2.50. The van der Waals surface area contributed by atoms with Gasteiger partial charge in [0.05, 0.1) is 6.10 Å². The maximum atomic E-state index is 10.2. The predicted octanol–water partition coefficient (Wildman–Crippen LogP) is 2.27. The molecule has 0 aromatic heterocycles. The molecule has 1 saturated carbocycles. The Bertz CT molecular complexity index is 205. The third kappa shape index (κ3) is 2.12. The van der Waals surface area contributed by atoms with Gasteiger partial charge in [0.15, 0.2) is 0 Å². The van der Waals surface area contributed by atoms with Gasteiger partial charge in [-0.05, 0) is 46.1 Å². The minimum absolute atomic E-state index is 0.0875. The maximum absolute atomic E-state index is 10.2. The van der Waals surface area contributed by atoms with Gasteiger partial charge < -0.3 is 5.11 Å². The summed E-state index contributed by atoms with van der Waals surface area (Å²) in [6, 6.07) is 0.324. The molecule has 0 aliphatic heterocycles. The van der Waals surface area contributed by atoms with Crippen molar-refractivity contribution in [3.63, 3.8) is 0 Å². The van der Waals surface area contributed by atoms with E-state index in [-0.39, 0.29) is 17.1 Å². The standard InChI is InChI=1S/C12H25NO/c1-11(2,3)13(6)9-7-8-12(4,5)10(9)14/h9-10,14H,7-8H2,1-6H3. The van der Waals surface area contributed by atoms with E-state index >= 15 is 0 Å². The van der Waals surface area contributed by atoms with Gasteiger partial charge in [0.2, 0.25) is 0 Å². The highest BCUT2D eigenvalue weighted by Gasteiger charge is 2.44. The third-order valence-corrected chi connectivity index (χ3v) is 3.81. The third-order valence-electron chi connectivity index (χ3n) is 3.81. The molecule has 2 nitrogen and oxygen atoms in total. The fourth-order valence-electron chi connectivity index (χ4n) is 2.25. The number of hydrogen-bond acceptors (Lipinski definition) is 2. The van der Waals surface area contributed by atoms with E-state index in [9.17, 15) is 5.11 Å². The zero-order valence-electron chi connectivity index (χ0n) is 10.5. The summed E-state index contributed by atoms with van der Waals surface area (Å²) in [5.41, 5.74) is 0.232. The van der Waals surface area contributed by atoms with Crippen LogP contribution in [0.5, 0.6) is 0 Å². The van der Waals surface area contributed by atoms with Crippen molar-refractivity contribution in [1.29, 1.82) is 0 Å². The molecule has 2 heteroatoms. The second kappa shape index (κ2) is 3.49. The van der Waals surface area contributed by atoms with Gasteiger partial charge in [0.25, 0.3) is 0 Å². The van der Waals surface area contributed by atoms with E-state index in [1.54, 1.807) is 0 Å². The molecule has 1 aliphatic carbocycles. The molecule has 0 saturated heterocycles. The van der Waals surface area contributed by atoms with Crippen molar-refractivity contribution in [3.8, 4) is 0 Å². The van der Waals surface area contributed by atoms with Gasteiger partial charge in [-0.15, -0.1) is 0 Å². The molecular weight excluding hydrogens is 174 g/mol. The summed E-state index contributed by atoms with van der Waals surface area (Å²) < 4.78 is 0. The Hall–Kier alpha value is -0.0800. The Morgan fingerprint density at radius 1 is 1.29 bits per heavy atom. The minimum Gasteiger partial charge on any atom is -0.391 e. The van der Waals surface area contributed by atoms with E-state index in [0.29, 0.717) is 6.04 Å². The second-order valence-corrected chi connectivity index (χ2v) is 6.32. The summed E-state index contributed by atoms with van der Waals surface area (Å²) >= 11 is 0. The van der Waals surface area contributed by atoms with Crippen LogP contribution in [0.1, 0.15) is 47.5 Å². The number of aliphatic hydroxyl groups excluding tert-OH is 1. The first-order valence-electron chi connectivity index (χ1n) is 5.57. The average molecular weight is 199 g/mol. The molecule has 1 fully saturated rings. The lowest BCUT2D eigenvalue weighted by molar-refractivity contribution is -0.00576. The summed E-state index contributed by atoms with van der Waals surface area (Å²) in [5.74, 6) is 0. The molecule has 84 valence electrons. The highest BCUT2D eigenvalue weighted by Crippen LogP contribution is 2.40. The summed E-state index contributed by atoms with van der Waals surface area (Å²) in [5, 5.41) is 10.2. The van der Waals surface area contributed by atoms with Crippen LogP contribution in [0.15, 0.2) is 0 Å². The maximum Gasteiger partial charge on any atom is 0.0746 e. The number of aliphatic hydroxyl groups is 1. The number of rotatable bonds is 1. The van der Waals surface area contributed by atoms with Crippen LogP contribution < -0.4 is 0 Å². The Labute approximate surface area is 88.3 Å². The molecular formula is C12H25NO. The molecule has 14 heavy (non-hydrogen) atoms. The zero-order chi connectivity index (χ0) is 11.1. The molecule has 1 rings (SSSR count). The first-order chi connectivity index (χ1) is 6.16. The molecule has 1 aliphatic rings. The molecule has 0 spiro atoms. The van der Waals surface area contributed by atoms with Crippen LogP contribution in [0.3, 0.4) is 0 Å². The molecule has 0 aromatic carbocycles. The van der Waals surface area contributed by atoms with Crippen LogP contribution >= 0.6 is 0 Å². The van der Waals surface area contributed by atoms with Gasteiger partial charge >= 0.3 is 0 Å². The van der Waals surface area contributed by atoms with Crippen molar-refractivity contribution < 1.29 is 5.11 Å². The lowest BCUT2D eigenvalue weighted by Gasteiger charge is -2.40. The highest BCUT2D eigenvalue weighted by atomic mass is 16.3. The van der Waals surface area contributed by atoms with Gasteiger partial charge in [0, 0.05) is 11.6 Å². The molecule has 0 heterocycles. The smallest absolute Gasteiger partial charge is 0.0746 e. The van der Waals surface area contributed by atoms with Crippen molar-refractivity contribution in [1.82, 2.24) is 4.90 Å². The van der Waals surface area contributed by atoms with E-state index in [0.717, 1.165) is 12.8 Å². The quantitative estimate of drug-likeness (QED) is 0.700. The number of likely N-dealkylation sites (N-methyl/N-ethyl adjacent to an activating group) is 1. The normalized spacial score (nSPS) is 32.6. The van der Waals surface area contributed by atoms with E-state index in [2.05, 4.69) is 46.6 Å². The first-order valence-corrected chi connectivity index (χ1v) is 5.57. The van der Waals surface area contributed by atoms with Gasteiger partial charge in [-0.1, -0.05) is 13.8 Å². The van der Waals surface area contributed by atoms with Crippen LogP contribution in [0.25, 0.3) is 0 Å². The largest absolute Gasteiger partial charge is 0.391 e. The SMILES string of the molecule is CN(C1CCC(C)(C)C1O)C(C)(C)C. The summed E-state index contributed by atoms with van der Waals surface area (Å²) in [6.07, 6.45) is 2.05. The van der Waals surface area contributed by atoms with Crippen molar-refractivity contribution in [2.45, 2.75) is 65.1 Å². The van der Waals surface area contributed by atoms with Crippen molar-refractivity contribution in [3.05, 3.63) is 0 Å². The van der Waals surface area contributed by atoms with Gasteiger partial charge in [-0.2, -0.15) is 0 Å². The fourth-order valence-corrected chi connectivity index (χ4v) is 2.25. The summed E-state index contributed by atoms with van der Waals surface area (Å²) in [6.45, 7) is 10.9. The Balaban J connectivity index is 2.73. The minimum atomic E-state index is -0.188. The molecule has 0 amide bonds. The van der Waals surface area contributed by atoms with E-state index < -0.39 is 0 Å². The van der Waals surface area contributed by atoms with Gasteiger partial charge in [-0.25, -0.2) is 0 Å². The van der Waals surface area contributed by atoms with E-state index in [1.165, 1.54) is 0 Å². The van der Waals surface area contributed by atoms with E-state index in [4.69, 9.17) is 0 Å². The van der Waals surface area contributed by atoms with Crippen molar-refractivity contribution in [2.75, 3.05) is 7.05 Å². The molecule has 0 radical (unpaired) electrons. The van der Waals surface area contributed by atoms with E-state index in [1.807, 2.05) is 0 Å². The van der Waals surface area contributed by atoms with Crippen molar-refractivity contribution >= 4 is 0 Å². The molecule has 2 atom stereocenters. The Morgan fingerprint density at radius 2 is 1.79 bits per heavy atom. The fraction of sp³-hybridized carbons (Fsp3) is 1.00. The van der Waals surface area contributed by atoms with Crippen molar-refractivity contribution in [2.24, 2.45) is 5.41 Å². The first kappa shape index (κ1) is 12.0. The topological polar surface area (TPSA) is 23.5 Å². The Kier molecular flexibility index (Phi) is 2.99. The number of nitrogens with zero attached hydrogens (tertiary/aromatic N) is 1. The molecule has 2 unspecified atom stereocenters. The van der Waals surface area contributed by atoms with Crippen LogP contribution in [-0.4, -0.2) is 34.7 Å². The van der Waals surface area contributed by atoms with Crippen LogP contribution in [0, 0.1) is 5.41 Å². The summed E-state index contributed by atoms with van der Waals surface area (Å²) in [7, 11) is 2.12. The van der Waals surface area contributed by atoms with Crippen LogP contribution in [0.2, 0.25) is 0 Å². The number of hydrogen-bond donors (Lipinski definition) is 1. The molecule has 1 N–H and O–H groups in total. The predicted molar refractivity (Wildman–Crippen MR) is 60.3 cm³/mol. The molecule has 0 aromatic rings. The zero-order valence-corrected chi connectivity index (χ0v) is 10.5. The molecule has 0 bridgehead atoms.